The molecule has 0 aliphatic heterocycles. The van der Waals surface area contributed by atoms with Crippen molar-refractivity contribution in [2.24, 2.45) is 5.10 Å². The number of hydrogen-bond acceptors (Lipinski definition) is 4. The molecule has 1 aromatic heterocycles. The summed E-state index contributed by atoms with van der Waals surface area (Å²) in [6, 6.07) is 23.6. The van der Waals surface area contributed by atoms with E-state index in [0.29, 0.717) is 6.42 Å². The largest absolute Gasteiger partial charge is 0.324 e. The van der Waals surface area contributed by atoms with Crippen LogP contribution in [0.4, 0.5) is 5.69 Å². The van der Waals surface area contributed by atoms with Crippen molar-refractivity contribution >= 4 is 11.4 Å². The fraction of sp³-hybridized carbons (Fsp3) is 0.136. The van der Waals surface area contributed by atoms with Gasteiger partial charge in [-0.15, -0.1) is 0 Å². The van der Waals surface area contributed by atoms with Gasteiger partial charge in [-0.2, -0.15) is 10.4 Å². The van der Waals surface area contributed by atoms with Crippen molar-refractivity contribution in [1.29, 1.82) is 5.26 Å². The zero-order valence-electron chi connectivity index (χ0n) is 14.6. The molecule has 0 fully saturated rings. The summed E-state index contributed by atoms with van der Waals surface area (Å²) in [7, 11) is 0. The Morgan fingerprint density at radius 1 is 1.04 bits per heavy atom. The summed E-state index contributed by atoms with van der Waals surface area (Å²) >= 11 is 0. The average Bonchev–Trinajstić information content (AvgIpc) is 2.72. The van der Waals surface area contributed by atoms with Crippen LogP contribution in [0.15, 0.2) is 76.6 Å². The maximum atomic E-state index is 12.1. The summed E-state index contributed by atoms with van der Waals surface area (Å²) in [4.78, 5) is 15.0. The first-order valence-electron chi connectivity index (χ1n) is 8.84. The van der Waals surface area contributed by atoms with Crippen LogP contribution in [0.25, 0.3) is 0 Å². The number of anilines is 1. The van der Waals surface area contributed by atoms with E-state index in [2.05, 4.69) is 27.6 Å². The third-order valence-corrected chi connectivity index (χ3v) is 4.81. The first kappa shape index (κ1) is 16.8. The Balaban J connectivity index is 1.76. The first-order chi connectivity index (χ1) is 13.2. The number of benzene rings is 2. The molecule has 132 valence electrons. The molecule has 1 aliphatic carbocycles. The molecular weight excluding hydrogens is 336 g/mol. The molecule has 3 aromatic rings. The summed E-state index contributed by atoms with van der Waals surface area (Å²) in [5, 5.41) is 13.8. The molecule has 4 rings (SSSR count). The maximum absolute atomic E-state index is 12.1. The summed E-state index contributed by atoms with van der Waals surface area (Å²) in [5.41, 5.74) is 7.45. The summed E-state index contributed by atoms with van der Waals surface area (Å²) in [6.45, 7) is 0. The van der Waals surface area contributed by atoms with Crippen LogP contribution in [0.2, 0.25) is 0 Å². The van der Waals surface area contributed by atoms with Crippen LogP contribution in [0.3, 0.4) is 0 Å². The summed E-state index contributed by atoms with van der Waals surface area (Å²) < 4.78 is 0. The number of nitriles is 1. The second kappa shape index (κ2) is 7.30. The van der Waals surface area contributed by atoms with Gasteiger partial charge >= 0.3 is 0 Å². The quantitative estimate of drug-likeness (QED) is 0.702. The van der Waals surface area contributed by atoms with Crippen LogP contribution in [-0.2, 0) is 6.42 Å². The van der Waals surface area contributed by atoms with E-state index in [4.69, 9.17) is 0 Å². The molecule has 0 radical (unpaired) electrons. The fourth-order valence-electron chi connectivity index (χ4n) is 3.44. The lowest BCUT2D eigenvalue weighted by atomic mass is 9.81. The normalized spacial score (nSPS) is 17.1. The lowest BCUT2D eigenvalue weighted by molar-refractivity contribution is 0.677. The van der Waals surface area contributed by atoms with Crippen LogP contribution >= 0.6 is 0 Å². The van der Waals surface area contributed by atoms with E-state index < -0.39 is 0 Å². The van der Waals surface area contributed by atoms with Gasteiger partial charge in [-0.25, -0.2) is 0 Å². The Morgan fingerprint density at radius 3 is 2.44 bits per heavy atom. The van der Waals surface area contributed by atoms with Crippen molar-refractivity contribution in [2.45, 2.75) is 18.8 Å². The number of nitrogens with zero attached hydrogens (tertiary/aromatic N) is 2. The predicted molar refractivity (Wildman–Crippen MR) is 106 cm³/mol. The second-order valence-corrected chi connectivity index (χ2v) is 6.57. The molecule has 0 amide bonds. The van der Waals surface area contributed by atoms with E-state index in [1.165, 1.54) is 5.56 Å². The number of aromatic amines is 1. The van der Waals surface area contributed by atoms with Gasteiger partial charge in [0.15, 0.2) is 0 Å². The molecule has 1 heterocycles. The highest BCUT2D eigenvalue weighted by atomic mass is 16.1. The minimum Gasteiger partial charge on any atom is -0.324 e. The lowest BCUT2D eigenvalue weighted by Crippen LogP contribution is -2.26. The van der Waals surface area contributed by atoms with E-state index >= 15 is 0 Å². The van der Waals surface area contributed by atoms with E-state index in [1.807, 2.05) is 54.6 Å². The van der Waals surface area contributed by atoms with E-state index in [1.54, 1.807) is 6.07 Å². The molecule has 5 nitrogen and oxygen atoms in total. The highest BCUT2D eigenvalue weighted by molar-refractivity contribution is 6.03. The van der Waals surface area contributed by atoms with Crippen LogP contribution in [0.1, 0.15) is 34.7 Å². The molecule has 0 bridgehead atoms. The molecule has 0 unspecified atom stereocenters. The SMILES string of the molecule is N#Cc1cc2c([nH]c1=O)C[C@@H](c1ccccc1)C/C2=N\Nc1ccccc1. The van der Waals surface area contributed by atoms with Crippen molar-refractivity contribution in [3.05, 3.63) is 99.5 Å². The average molecular weight is 354 g/mol. The van der Waals surface area contributed by atoms with Crippen molar-refractivity contribution < 1.29 is 0 Å². The minimum absolute atomic E-state index is 0.110. The van der Waals surface area contributed by atoms with E-state index in [-0.39, 0.29) is 17.0 Å². The van der Waals surface area contributed by atoms with Crippen LogP contribution in [0, 0.1) is 11.3 Å². The highest BCUT2D eigenvalue weighted by Gasteiger charge is 2.26. The topological polar surface area (TPSA) is 81.0 Å². The summed E-state index contributed by atoms with van der Waals surface area (Å²) in [5.74, 6) is 0.221. The molecule has 27 heavy (non-hydrogen) atoms. The fourth-order valence-corrected chi connectivity index (χ4v) is 3.44. The van der Waals surface area contributed by atoms with Gasteiger partial charge < -0.3 is 4.98 Å². The molecule has 2 aromatic carbocycles. The number of aromatic nitrogens is 1. The third kappa shape index (κ3) is 3.51. The Morgan fingerprint density at radius 2 is 1.74 bits per heavy atom. The molecule has 2 N–H and O–H groups in total. The van der Waals surface area contributed by atoms with Crippen LogP contribution < -0.4 is 11.0 Å². The number of rotatable bonds is 3. The van der Waals surface area contributed by atoms with Gasteiger partial charge in [-0.1, -0.05) is 48.5 Å². The number of fused-ring (bicyclic) bond motifs is 1. The smallest absolute Gasteiger partial charge is 0.266 e. The predicted octanol–water partition coefficient (Wildman–Crippen LogP) is 3.79. The first-order valence-corrected chi connectivity index (χ1v) is 8.84. The van der Waals surface area contributed by atoms with Crippen molar-refractivity contribution in [3.63, 3.8) is 0 Å². The Hall–Kier alpha value is -3.65. The molecule has 0 saturated heterocycles. The molecule has 5 heteroatoms. The lowest BCUT2D eigenvalue weighted by Gasteiger charge is -2.26. The number of hydrogen-bond donors (Lipinski definition) is 2. The van der Waals surface area contributed by atoms with E-state index in [0.717, 1.165) is 29.1 Å². The van der Waals surface area contributed by atoms with Gasteiger partial charge in [0, 0.05) is 11.3 Å². The monoisotopic (exact) mass is 354 g/mol. The van der Waals surface area contributed by atoms with Crippen molar-refractivity contribution in [1.82, 2.24) is 4.98 Å². The van der Waals surface area contributed by atoms with Crippen LogP contribution in [0.5, 0.6) is 0 Å². The maximum Gasteiger partial charge on any atom is 0.266 e. The van der Waals surface area contributed by atoms with E-state index in [9.17, 15) is 10.1 Å². The molecular formula is C22H18N4O. The van der Waals surface area contributed by atoms with Crippen molar-refractivity contribution in [3.8, 4) is 6.07 Å². The number of nitrogens with one attached hydrogen (secondary N) is 2. The number of hydrazone groups is 1. The summed E-state index contributed by atoms with van der Waals surface area (Å²) in [6.07, 6.45) is 1.44. The van der Waals surface area contributed by atoms with Crippen LogP contribution in [-0.4, -0.2) is 10.7 Å². The molecule has 0 spiro atoms. The number of H-pyrrole nitrogens is 1. The highest BCUT2D eigenvalue weighted by Crippen LogP contribution is 2.32. The number of para-hydroxylation sites is 1. The zero-order valence-corrected chi connectivity index (χ0v) is 14.6. The molecule has 1 atom stereocenters. The molecule has 1 aliphatic rings. The van der Waals surface area contributed by atoms with Gasteiger partial charge in [-0.05, 0) is 42.5 Å². The van der Waals surface area contributed by atoms with Gasteiger partial charge in [0.25, 0.3) is 5.56 Å². The van der Waals surface area contributed by atoms with Gasteiger partial charge in [0.2, 0.25) is 0 Å². The Bertz CT molecular complexity index is 1080. The minimum atomic E-state index is -0.347. The zero-order chi connectivity index (χ0) is 18.6. The number of pyridine rings is 1. The second-order valence-electron chi connectivity index (χ2n) is 6.57. The van der Waals surface area contributed by atoms with Crippen molar-refractivity contribution in [2.75, 3.05) is 5.43 Å². The Labute approximate surface area is 157 Å². The molecule has 0 saturated carbocycles. The third-order valence-electron chi connectivity index (χ3n) is 4.81. The van der Waals surface area contributed by atoms with Gasteiger partial charge in [-0.3, -0.25) is 10.2 Å². The van der Waals surface area contributed by atoms with Gasteiger partial charge in [0.05, 0.1) is 11.4 Å². The Kier molecular flexibility index (Phi) is 4.54. The van der Waals surface area contributed by atoms with Gasteiger partial charge in [0.1, 0.15) is 11.6 Å². The standard InChI is InChI=1S/C22H18N4O/c23-14-17-11-19-20(24-22(17)27)12-16(15-7-3-1-4-8-15)13-21(19)26-25-18-9-5-2-6-10-18/h1-11,16,25H,12-13H2,(H,24,27)/b26-21+/t16-/m1/s1.